The molecule has 0 spiro atoms. The summed E-state index contributed by atoms with van der Waals surface area (Å²) in [4.78, 5) is 4.66. The van der Waals surface area contributed by atoms with Crippen LogP contribution in [0, 0.1) is 0 Å². The van der Waals surface area contributed by atoms with E-state index in [1.165, 1.54) is 5.69 Å². The van der Waals surface area contributed by atoms with Crippen LogP contribution in [0.15, 0.2) is 48.5 Å². The molecule has 1 aliphatic rings. The number of anilines is 1. The summed E-state index contributed by atoms with van der Waals surface area (Å²) in [5.41, 5.74) is 2.09. The van der Waals surface area contributed by atoms with Crippen LogP contribution in [0.25, 0.3) is 0 Å². The van der Waals surface area contributed by atoms with Crippen molar-refractivity contribution in [3.63, 3.8) is 0 Å². The van der Waals surface area contributed by atoms with Crippen LogP contribution in [-0.4, -0.2) is 49.8 Å². The third-order valence-corrected chi connectivity index (χ3v) is 4.71. The lowest BCUT2D eigenvalue weighted by atomic mass is 10.1. The van der Waals surface area contributed by atoms with Crippen molar-refractivity contribution in [3.8, 4) is 5.75 Å². The highest BCUT2D eigenvalue weighted by atomic mass is 35.5. The van der Waals surface area contributed by atoms with Gasteiger partial charge in [0.1, 0.15) is 5.75 Å². The van der Waals surface area contributed by atoms with Gasteiger partial charge in [-0.25, -0.2) is 0 Å². The van der Waals surface area contributed by atoms with Crippen LogP contribution in [0.4, 0.5) is 5.69 Å². The maximum Gasteiger partial charge on any atom is 0.119 e. The number of rotatable bonds is 5. The Morgan fingerprint density at radius 2 is 1.79 bits per heavy atom. The number of methoxy groups -OCH3 is 1. The Morgan fingerprint density at radius 1 is 1.08 bits per heavy atom. The highest BCUT2D eigenvalue weighted by Crippen LogP contribution is 2.22. The van der Waals surface area contributed by atoms with Crippen molar-refractivity contribution in [2.75, 3.05) is 44.7 Å². The molecule has 1 heterocycles. The minimum atomic E-state index is -0.503. The molecule has 0 aliphatic carbocycles. The van der Waals surface area contributed by atoms with Crippen LogP contribution >= 0.6 is 11.6 Å². The van der Waals surface area contributed by atoms with E-state index in [2.05, 4.69) is 21.9 Å². The Kier molecular flexibility index (Phi) is 5.61. The second kappa shape index (κ2) is 7.88. The van der Waals surface area contributed by atoms with Crippen molar-refractivity contribution in [1.29, 1.82) is 0 Å². The number of aliphatic hydroxyl groups is 1. The van der Waals surface area contributed by atoms with Crippen LogP contribution in [-0.2, 0) is 0 Å². The summed E-state index contributed by atoms with van der Waals surface area (Å²) in [5.74, 6) is 0.877. The van der Waals surface area contributed by atoms with Gasteiger partial charge in [0.05, 0.1) is 13.2 Å². The summed E-state index contributed by atoms with van der Waals surface area (Å²) >= 11 is 6.00. The van der Waals surface area contributed by atoms with Gasteiger partial charge >= 0.3 is 0 Å². The topological polar surface area (TPSA) is 35.9 Å². The van der Waals surface area contributed by atoms with Gasteiger partial charge < -0.3 is 14.7 Å². The largest absolute Gasteiger partial charge is 0.497 e. The van der Waals surface area contributed by atoms with E-state index in [1.54, 1.807) is 7.11 Å². The Balaban J connectivity index is 1.53. The molecule has 0 saturated carbocycles. The molecule has 0 bridgehead atoms. The molecule has 128 valence electrons. The summed E-state index contributed by atoms with van der Waals surface area (Å²) in [5, 5.41) is 11.1. The molecule has 24 heavy (non-hydrogen) atoms. The monoisotopic (exact) mass is 346 g/mol. The molecule has 4 nitrogen and oxygen atoms in total. The number of hydrogen-bond acceptors (Lipinski definition) is 4. The molecule has 5 heteroatoms. The van der Waals surface area contributed by atoms with E-state index in [-0.39, 0.29) is 0 Å². The van der Waals surface area contributed by atoms with Crippen molar-refractivity contribution in [3.05, 3.63) is 59.1 Å². The van der Waals surface area contributed by atoms with Gasteiger partial charge in [-0.2, -0.15) is 0 Å². The quantitative estimate of drug-likeness (QED) is 0.902. The normalized spacial score (nSPS) is 16.9. The van der Waals surface area contributed by atoms with E-state index in [1.807, 2.05) is 36.4 Å². The van der Waals surface area contributed by atoms with Crippen LogP contribution < -0.4 is 9.64 Å². The lowest BCUT2D eigenvalue weighted by Crippen LogP contribution is -2.47. The molecule has 3 rings (SSSR count). The van der Waals surface area contributed by atoms with Crippen molar-refractivity contribution in [2.24, 2.45) is 0 Å². The lowest BCUT2D eigenvalue weighted by Gasteiger charge is -2.37. The number of hydrogen-bond donors (Lipinski definition) is 1. The van der Waals surface area contributed by atoms with Crippen LogP contribution in [0.1, 0.15) is 11.7 Å². The molecule has 1 saturated heterocycles. The van der Waals surface area contributed by atoms with Crippen LogP contribution in [0.5, 0.6) is 5.75 Å². The first-order valence-electron chi connectivity index (χ1n) is 8.20. The molecule has 0 aromatic heterocycles. The molecule has 0 radical (unpaired) electrons. The number of halogens is 1. The van der Waals surface area contributed by atoms with Gasteiger partial charge in [0.2, 0.25) is 0 Å². The van der Waals surface area contributed by atoms with Crippen molar-refractivity contribution < 1.29 is 9.84 Å². The van der Waals surface area contributed by atoms with Crippen molar-refractivity contribution in [1.82, 2.24) is 4.90 Å². The number of aliphatic hydroxyl groups excluding tert-OH is 1. The summed E-state index contributed by atoms with van der Waals surface area (Å²) in [6.45, 7) is 4.41. The molecule has 2 aromatic carbocycles. The number of piperazine rings is 1. The third kappa shape index (κ3) is 4.20. The Hall–Kier alpha value is -1.75. The molecular formula is C19H23ClN2O2. The summed E-state index contributed by atoms with van der Waals surface area (Å²) < 4.78 is 5.20. The first kappa shape index (κ1) is 17.1. The fourth-order valence-corrected chi connectivity index (χ4v) is 3.24. The minimum Gasteiger partial charge on any atom is -0.497 e. The fourth-order valence-electron chi connectivity index (χ4n) is 3.05. The minimum absolute atomic E-state index is 0.503. The number of β-amino-alcohol motifs (C(OH)–C–C–N with tert-alkyl or cyclic N) is 1. The molecule has 1 aliphatic heterocycles. The van der Waals surface area contributed by atoms with Gasteiger partial charge in [-0.05, 0) is 42.0 Å². The average Bonchev–Trinajstić information content (AvgIpc) is 2.62. The number of benzene rings is 2. The van der Waals surface area contributed by atoms with Crippen molar-refractivity contribution >= 4 is 17.3 Å². The van der Waals surface area contributed by atoms with Gasteiger partial charge in [-0.1, -0.05) is 23.7 Å². The van der Waals surface area contributed by atoms with E-state index in [4.69, 9.17) is 16.3 Å². The second-order valence-electron chi connectivity index (χ2n) is 6.06. The number of nitrogens with zero attached hydrogens (tertiary/aromatic N) is 2. The Labute approximate surface area is 148 Å². The molecular weight excluding hydrogens is 324 g/mol. The zero-order chi connectivity index (χ0) is 16.9. The van der Waals surface area contributed by atoms with E-state index in [9.17, 15) is 5.11 Å². The average molecular weight is 347 g/mol. The van der Waals surface area contributed by atoms with E-state index >= 15 is 0 Å². The fraction of sp³-hybridized carbons (Fsp3) is 0.368. The van der Waals surface area contributed by atoms with Crippen LogP contribution in [0.3, 0.4) is 0 Å². The Bertz CT molecular complexity index is 655. The van der Waals surface area contributed by atoms with E-state index in [0.29, 0.717) is 11.6 Å². The first-order chi connectivity index (χ1) is 11.7. The standard InChI is InChI=1S/C19H23ClN2O2/c1-24-18-7-5-17(6-8-18)22-11-9-21(10-12-22)14-19(23)15-3-2-4-16(20)13-15/h2-8,13,19,23H,9-12,14H2,1H3. The zero-order valence-corrected chi connectivity index (χ0v) is 14.6. The third-order valence-electron chi connectivity index (χ3n) is 4.47. The van der Waals surface area contributed by atoms with Gasteiger partial charge in [-0.3, -0.25) is 4.90 Å². The summed E-state index contributed by atoms with van der Waals surface area (Å²) in [6.07, 6.45) is -0.503. The predicted octanol–water partition coefficient (Wildman–Crippen LogP) is 3.20. The molecule has 1 atom stereocenters. The molecule has 0 amide bonds. The maximum absolute atomic E-state index is 10.4. The Morgan fingerprint density at radius 3 is 2.42 bits per heavy atom. The maximum atomic E-state index is 10.4. The highest BCUT2D eigenvalue weighted by molar-refractivity contribution is 6.30. The predicted molar refractivity (Wildman–Crippen MR) is 98.1 cm³/mol. The lowest BCUT2D eigenvalue weighted by molar-refractivity contribution is 0.109. The van der Waals surface area contributed by atoms with Gasteiger partial charge in [0.15, 0.2) is 0 Å². The molecule has 1 N–H and O–H groups in total. The highest BCUT2D eigenvalue weighted by Gasteiger charge is 2.20. The zero-order valence-electron chi connectivity index (χ0n) is 13.9. The van der Waals surface area contributed by atoms with Crippen LogP contribution in [0.2, 0.25) is 5.02 Å². The molecule has 1 fully saturated rings. The summed E-state index contributed by atoms with van der Waals surface area (Å²) in [7, 11) is 1.68. The van der Waals surface area contributed by atoms with Gasteiger partial charge in [-0.15, -0.1) is 0 Å². The summed E-state index contributed by atoms with van der Waals surface area (Å²) in [6, 6.07) is 15.6. The van der Waals surface area contributed by atoms with Crippen molar-refractivity contribution in [2.45, 2.75) is 6.10 Å². The van der Waals surface area contributed by atoms with Gasteiger partial charge in [0.25, 0.3) is 0 Å². The van der Waals surface area contributed by atoms with Gasteiger partial charge in [0, 0.05) is 43.4 Å². The molecule has 2 aromatic rings. The van der Waals surface area contributed by atoms with E-state index in [0.717, 1.165) is 37.5 Å². The smallest absolute Gasteiger partial charge is 0.119 e. The molecule has 1 unspecified atom stereocenters. The first-order valence-corrected chi connectivity index (χ1v) is 8.58. The number of ether oxygens (including phenoxy) is 1. The second-order valence-corrected chi connectivity index (χ2v) is 6.49. The van der Waals surface area contributed by atoms with E-state index < -0.39 is 6.10 Å². The SMILES string of the molecule is COc1ccc(N2CCN(CC(O)c3cccc(Cl)c3)CC2)cc1.